The number of amides is 1. The van der Waals surface area contributed by atoms with Gasteiger partial charge in [-0.1, -0.05) is 6.92 Å². The van der Waals surface area contributed by atoms with Crippen LogP contribution >= 0.6 is 0 Å². The third-order valence-corrected chi connectivity index (χ3v) is 4.09. The lowest BCUT2D eigenvalue weighted by molar-refractivity contribution is 0.102. The topological polar surface area (TPSA) is 62.0 Å². The monoisotopic (exact) mass is 318 g/mol. The number of fused-ring (bicyclic) bond motifs is 1. The summed E-state index contributed by atoms with van der Waals surface area (Å²) in [7, 11) is 0. The number of carbonyl (C=O) groups is 1. The second-order valence-electron chi connectivity index (χ2n) is 5.95. The van der Waals surface area contributed by atoms with Gasteiger partial charge in [0.1, 0.15) is 5.56 Å². The lowest BCUT2D eigenvalue weighted by Crippen LogP contribution is -2.27. The first-order chi connectivity index (χ1) is 10.9. The summed E-state index contributed by atoms with van der Waals surface area (Å²) in [4.78, 5) is 27.1. The average Bonchev–Trinajstić information content (AvgIpc) is 2.50. The number of halogens is 2. The number of hydrogen-bond acceptors (Lipinski definition) is 2. The van der Waals surface area contributed by atoms with Crippen molar-refractivity contribution in [3.05, 3.63) is 63.1 Å². The van der Waals surface area contributed by atoms with Crippen molar-refractivity contribution in [2.24, 2.45) is 5.92 Å². The number of hydrogen-bond donors (Lipinski definition) is 2. The van der Waals surface area contributed by atoms with Gasteiger partial charge in [0.2, 0.25) is 0 Å². The molecule has 1 aromatic carbocycles. The second-order valence-corrected chi connectivity index (χ2v) is 5.95. The summed E-state index contributed by atoms with van der Waals surface area (Å²) in [5.41, 5.74) is 1.43. The lowest BCUT2D eigenvalue weighted by atomic mass is 9.87. The van der Waals surface area contributed by atoms with Crippen LogP contribution in [0.15, 0.2) is 29.1 Å². The molecule has 1 atom stereocenters. The molecule has 3 rings (SSSR count). The molecule has 1 unspecified atom stereocenters. The maximum absolute atomic E-state index is 13.2. The Morgan fingerprint density at radius 2 is 2.04 bits per heavy atom. The Kier molecular flexibility index (Phi) is 3.98. The molecule has 1 aliphatic carbocycles. The van der Waals surface area contributed by atoms with Crippen molar-refractivity contribution in [2.75, 3.05) is 5.32 Å². The van der Waals surface area contributed by atoms with E-state index in [0.29, 0.717) is 5.92 Å². The fourth-order valence-electron chi connectivity index (χ4n) is 2.83. The standard InChI is InChI=1S/C17H16F2N2O2/c1-9-2-5-15-10(6-9)7-12(17(23)21-15)16(22)20-11-3-4-13(18)14(19)8-11/h3-4,7-9H,2,5-6H2,1H3,(H,20,22)(H,21,23). The molecule has 0 saturated heterocycles. The van der Waals surface area contributed by atoms with Crippen LogP contribution in [0.5, 0.6) is 0 Å². The summed E-state index contributed by atoms with van der Waals surface area (Å²) in [6.45, 7) is 2.12. The van der Waals surface area contributed by atoms with E-state index in [1.54, 1.807) is 6.07 Å². The summed E-state index contributed by atoms with van der Waals surface area (Å²) in [5, 5.41) is 2.42. The van der Waals surface area contributed by atoms with Crippen molar-refractivity contribution >= 4 is 11.6 Å². The van der Waals surface area contributed by atoms with E-state index < -0.39 is 23.1 Å². The number of rotatable bonds is 2. The molecular weight excluding hydrogens is 302 g/mol. The van der Waals surface area contributed by atoms with Gasteiger partial charge in [-0.25, -0.2) is 8.78 Å². The molecule has 0 fully saturated rings. The van der Waals surface area contributed by atoms with E-state index in [4.69, 9.17) is 0 Å². The Morgan fingerprint density at radius 1 is 1.26 bits per heavy atom. The van der Waals surface area contributed by atoms with Crippen LogP contribution < -0.4 is 10.9 Å². The van der Waals surface area contributed by atoms with E-state index in [9.17, 15) is 18.4 Å². The zero-order valence-corrected chi connectivity index (χ0v) is 12.6. The molecule has 0 bridgehead atoms. The number of aromatic nitrogens is 1. The summed E-state index contributed by atoms with van der Waals surface area (Å²) in [6.07, 6.45) is 2.59. The summed E-state index contributed by atoms with van der Waals surface area (Å²) < 4.78 is 26.1. The van der Waals surface area contributed by atoms with Crippen LogP contribution in [0, 0.1) is 17.6 Å². The predicted molar refractivity (Wildman–Crippen MR) is 82.6 cm³/mol. The van der Waals surface area contributed by atoms with Crippen molar-refractivity contribution in [1.29, 1.82) is 0 Å². The van der Waals surface area contributed by atoms with Crippen LogP contribution in [-0.2, 0) is 12.8 Å². The van der Waals surface area contributed by atoms with Gasteiger partial charge in [-0.3, -0.25) is 9.59 Å². The number of benzene rings is 1. The van der Waals surface area contributed by atoms with Crippen LogP contribution in [0.1, 0.15) is 35.0 Å². The first-order valence-corrected chi connectivity index (χ1v) is 7.45. The van der Waals surface area contributed by atoms with Gasteiger partial charge in [0.25, 0.3) is 11.5 Å². The molecular formula is C17H16F2N2O2. The highest BCUT2D eigenvalue weighted by atomic mass is 19.2. The highest BCUT2D eigenvalue weighted by Gasteiger charge is 2.20. The number of aromatic amines is 1. The zero-order chi connectivity index (χ0) is 16.6. The molecule has 1 aliphatic rings. The fourth-order valence-corrected chi connectivity index (χ4v) is 2.83. The summed E-state index contributed by atoms with van der Waals surface area (Å²) in [6, 6.07) is 4.63. The fraction of sp³-hybridized carbons (Fsp3) is 0.294. The molecule has 0 saturated carbocycles. The molecule has 4 nitrogen and oxygen atoms in total. The minimum absolute atomic E-state index is 0.0254. The third-order valence-electron chi connectivity index (χ3n) is 4.09. The van der Waals surface area contributed by atoms with Gasteiger partial charge in [-0.2, -0.15) is 0 Å². The van der Waals surface area contributed by atoms with Gasteiger partial charge in [-0.15, -0.1) is 0 Å². The second kappa shape index (κ2) is 5.95. The van der Waals surface area contributed by atoms with Crippen molar-refractivity contribution < 1.29 is 13.6 Å². The first-order valence-electron chi connectivity index (χ1n) is 7.45. The SMILES string of the molecule is CC1CCc2[nH]c(=O)c(C(=O)Nc3ccc(F)c(F)c3)cc2C1. The average molecular weight is 318 g/mol. The van der Waals surface area contributed by atoms with Crippen molar-refractivity contribution in [3.63, 3.8) is 0 Å². The molecule has 0 aliphatic heterocycles. The van der Waals surface area contributed by atoms with E-state index in [1.807, 2.05) is 0 Å². The minimum Gasteiger partial charge on any atom is -0.325 e. The summed E-state index contributed by atoms with van der Waals surface area (Å²) >= 11 is 0. The maximum Gasteiger partial charge on any atom is 0.261 e. The molecule has 120 valence electrons. The Hall–Kier alpha value is -2.50. The molecule has 0 spiro atoms. The highest BCUT2D eigenvalue weighted by Crippen LogP contribution is 2.23. The predicted octanol–water partition coefficient (Wildman–Crippen LogP) is 3.03. The van der Waals surface area contributed by atoms with Crippen LogP contribution in [0.3, 0.4) is 0 Å². The lowest BCUT2D eigenvalue weighted by Gasteiger charge is -2.21. The molecule has 1 heterocycles. The molecule has 1 amide bonds. The Balaban J connectivity index is 1.88. The number of aryl methyl sites for hydroxylation is 1. The van der Waals surface area contributed by atoms with Gasteiger partial charge in [0.15, 0.2) is 11.6 Å². The van der Waals surface area contributed by atoms with Crippen molar-refractivity contribution in [1.82, 2.24) is 4.98 Å². The van der Waals surface area contributed by atoms with Crippen LogP contribution in [0.4, 0.5) is 14.5 Å². The third kappa shape index (κ3) is 3.16. The molecule has 2 aromatic rings. The minimum atomic E-state index is -1.06. The van der Waals surface area contributed by atoms with Gasteiger partial charge >= 0.3 is 0 Å². The number of pyridine rings is 1. The quantitative estimate of drug-likeness (QED) is 0.894. The van der Waals surface area contributed by atoms with Crippen LogP contribution in [0.2, 0.25) is 0 Å². The van der Waals surface area contributed by atoms with Crippen LogP contribution in [0.25, 0.3) is 0 Å². The van der Waals surface area contributed by atoms with E-state index in [2.05, 4.69) is 17.2 Å². The van der Waals surface area contributed by atoms with E-state index >= 15 is 0 Å². The molecule has 23 heavy (non-hydrogen) atoms. The normalized spacial score (nSPS) is 16.7. The Labute approximate surface area is 131 Å². The van der Waals surface area contributed by atoms with Gasteiger partial charge in [-0.05, 0) is 48.9 Å². The largest absolute Gasteiger partial charge is 0.325 e. The number of anilines is 1. The molecule has 1 aromatic heterocycles. The van der Waals surface area contributed by atoms with Gasteiger partial charge < -0.3 is 10.3 Å². The van der Waals surface area contributed by atoms with Crippen molar-refractivity contribution in [3.8, 4) is 0 Å². The Morgan fingerprint density at radius 3 is 2.78 bits per heavy atom. The number of nitrogens with one attached hydrogen (secondary N) is 2. The number of carbonyl (C=O) groups excluding carboxylic acids is 1. The molecule has 2 N–H and O–H groups in total. The van der Waals surface area contributed by atoms with E-state index in [1.165, 1.54) is 6.07 Å². The van der Waals surface area contributed by atoms with Gasteiger partial charge in [0.05, 0.1) is 0 Å². The van der Waals surface area contributed by atoms with Crippen molar-refractivity contribution in [2.45, 2.75) is 26.2 Å². The van der Waals surface area contributed by atoms with Gasteiger partial charge in [0, 0.05) is 17.4 Å². The highest BCUT2D eigenvalue weighted by molar-refractivity contribution is 6.04. The zero-order valence-electron chi connectivity index (χ0n) is 12.6. The maximum atomic E-state index is 13.2. The van der Waals surface area contributed by atoms with E-state index in [-0.39, 0.29) is 11.3 Å². The smallest absolute Gasteiger partial charge is 0.261 e. The first kappa shape index (κ1) is 15.4. The summed E-state index contributed by atoms with van der Waals surface area (Å²) in [5.74, 6) is -2.20. The van der Waals surface area contributed by atoms with E-state index in [0.717, 1.165) is 42.7 Å². The van der Waals surface area contributed by atoms with Crippen LogP contribution in [-0.4, -0.2) is 10.9 Å². The molecule has 6 heteroatoms. The number of H-pyrrole nitrogens is 1. The molecule has 0 radical (unpaired) electrons. The Bertz CT molecular complexity index is 830.